The minimum atomic E-state index is 0. The van der Waals surface area contributed by atoms with Gasteiger partial charge in [0.25, 0.3) is 0 Å². The Morgan fingerprint density at radius 1 is 0.929 bits per heavy atom. The highest BCUT2D eigenvalue weighted by molar-refractivity contribution is 6.30. The van der Waals surface area contributed by atoms with Gasteiger partial charge in [0.2, 0.25) is 0 Å². The van der Waals surface area contributed by atoms with Crippen LogP contribution in [0.2, 0.25) is 5.02 Å². The van der Waals surface area contributed by atoms with Gasteiger partial charge in [-0.25, -0.2) is 0 Å². The number of rotatable bonds is 4. The molecule has 0 radical (unpaired) electrons. The van der Waals surface area contributed by atoms with Gasteiger partial charge in [-0.15, -0.1) is 24.8 Å². The Labute approximate surface area is 184 Å². The van der Waals surface area contributed by atoms with Crippen molar-refractivity contribution in [2.45, 2.75) is 18.9 Å². The maximum atomic E-state index is 6.05. The summed E-state index contributed by atoms with van der Waals surface area (Å²) in [5, 5.41) is 0.801. The number of fused-ring (bicyclic) bond motifs is 1. The molecule has 2 aromatic rings. The summed E-state index contributed by atoms with van der Waals surface area (Å²) in [6.45, 7) is 6.32. The lowest BCUT2D eigenvalue weighted by Crippen LogP contribution is -2.46. The molecule has 2 heterocycles. The van der Waals surface area contributed by atoms with Gasteiger partial charge < -0.3 is 15.1 Å². The molecule has 4 rings (SSSR count). The predicted molar refractivity (Wildman–Crippen MR) is 122 cm³/mol. The fourth-order valence-electron chi connectivity index (χ4n) is 3.90. The highest BCUT2D eigenvalue weighted by atomic mass is 35.5. The van der Waals surface area contributed by atoms with Crippen LogP contribution < -0.4 is 4.90 Å². The number of hydrogen-bond acceptors (Lipinski definition) is 3. The van der Waals surface area contributed by atoms with Gasteiger partial charge in [-0.05, 0) is 48.2 Å². The average Bonchev–Trinajstić information content (AvgIpc) is 2.67. The zero-order valence-electron chi connectivity index (χ0n) is 15.9. The van der Waals surface area contributed by atoms with Crippen molar-refractivity contribution >= 4 is 42.1 Å². The van der Waals surface area contributed by atoms with E-state index in [1.54, 1.807) is 0 Å². The van der Waals surface area contributed by atoms with Crippen molar-refractivity contribution in [3.63, 3.8) is 0 Å². The summed E-state index contributed by atoms with van der Waals surface area (Å²) in [7, 11) is 0. The van der Waals surface area contributed by atoms with Crippen LogP contribution >= 0.6 is 36.4 Å². The Hall–Kier alpha value is -1.01. The third kappa shape index (κ3) is 5.99. The predicted octanol–water partition coefficient (Wildman–Crippen LogP) is 4.19. The smallest absolute Gasteiger partial charge is 0.0839 e. The number of ether oxygens (including phenoxy) is 1. The second-order valence-electron chi connectivity index (χ2n) is 6.90. The number of halogens is 3. The van der Waals surface area contributed by atoms with Crippen LogP contribution in [0.5, 0.6) is 0 Å². The normalized spacial score (nSPS) is 18.9. The standard InChI is InChI=1S/C21H25ClN2O.2ClH.H2O/c22-18-5-7-19(8-6-18)24-14-12-23(13-15-24)11-9-21-20-4-2-1-3-17(20)10-16-25-21;;;/h1-8,21H,9-16H2;2*1H;1H2. The molecule has 1 saturated heterocycles. The number of hydrogen-bond donors (Lipinski definition) is 0. The molecule has 0 spiro atoms. The SMILES string of the molecule is Cl.Cl.Clc1ccc(N2CCN(CCC3OCCc4ccccc43)CC2)cc1.O. The van der Waals surface area contributed by atoms with E-state index >= 15 is 0 Å². The van der Waals surface area contributed by atoms with Gasteiger partial charge in [-0.1, -0.05) is 35.9 Å². The monoisotopic (exact) mass is 446 g/mol. The van der Waals surface area contributed by atoms with E-state index in [2.05, 4.69) is 46.2 Å². The molecule has 0 saturated carbocycles. The molecule has 1 unspecified atom stereocenters. The Morgan fingerprint density at radius 2 is 1.61 bits per heavy atom. The van der Waals surface area contributed by atoms with E-state index < -0.39 is 0 Å². The molecule has 28 heavy (non-hydrogen) atoms. The molecule has 2 aliphatic rings. The van der Waals surface area contributed by atoms with Crippen LogP contribution in [0, 0.1) is 0 Å². The lowest BCUT2D eigenvalue weighted by Gasteiger charge is -2.37. The number of nitrogens with zero attached hydrogens (tertiary/aromatic N) is 2. The summed E-state index contributed by atoms with van der Waals surface area (Å²) in [6, 6.07) is 16.9. The summed E-state index contributed by atoms with van der Waals surface area (Å²) in [5.41, 5.74) is 4.13. The first-order valence-corrected chi connectivity index (χ1v) is 9.60. The topological polar surface area (TPSA) is 47.2 Å². The van der Waals surface area contributed by atoms with Crippen molar-refractivity contribution < 1.29 is 10.2 Å². The first-order chi connectivity index (χ1) is 12.3. The molecular formula is C21H29Cl3N2O2. The molecule has 0 aliphatic carbocycles. The van der Waals surface area contributed by atoms with Gasteiger partial charge in [-0.3, -0.25) is 4.90 Å². The van der Waals surface area contributed by atoms with Gasteiger partial charge in [-0.2, -0.15) is 0 Å². The summed E-state index contributed by atoms with van der Waals surface area (Å²) in [5.74, 6) is 0. The second-order valence-corrected chi connectivity index (χ2v) is 7.34. The fourth-order valence-corrected chi connectivity index (χ4v) is 4.02. The van der Waals surface area contributed by atoms with Crippen molar-refractivity contribution in [1.82, 2.24) is 4.90 Å². The molecule has 0 bridgehead atoms. The van der Waals surface area contributed by atoms with Gasteiger partial charge >= 0.3 is 0 Å². The van der Waals surface area contributed by atoms with Crippen molar-refractivity contribution in [2.75, 3.05) is 44.2 Å². The van der Waals surface area contributed by atoms with Crippen LogP contribution in [0.3, 0.4) is 0 Å². The lowest BCUT2D eigenvalue weighted by molar-refractivity contribution is 0.0289. The molecule has 2 N–H and O–H groups in total. The molecule has 1 fully saturated rings. The number of piperazine rings is 1. The highest BCUT2D eigenvalue weighted by Crippen LogP contribution is 2.29. The van der Waals surface area contributed by atoms with Crippen molar-refractivity contribution in [3.8, 4) is 0 Å². The molecule has 2 aromatic carbocycles. The molecule has 1 atom stereocenters. The van der Waals surface area contributed by atoms with E-state index in [4.69, 9.17) is 16.3 Å². The van der Waals surface area contributed by atoms with E-state index in [-0.39, 0.29) is 36.4 Å². The summed E-state index contributed by atoms with van der Waals surface area (Å²) in [6.07, 6.45) is 2.39. The fraction of sp³-hybridized carbons (Fsp3) is 0.429. The third-order valence-electron chi connectivity index (χ3n) is 5.36. The maximum absolute atomic E-state index is 6.05. The van der Waals surface area contributed by atoms with E-state index in [0.717, 1.165) is 57.2 Å². The first-order valence-electron chi connectivity index (χ1n) is 9.22. The van der Waals surface area contributed by atoms with E-state index in [9.17, 15) is 0 Å². The second kappa shape index (κ2) is 11.9. The van der Waals surface area contributed by atoms with Gasteiger partial charge in [0, 0.05) is 43.4 Å². The van der Waals surface area contributed by atoms with Crippen LogP contribution in [0.15, 0.2) is 48.5 Å². The first kappa shape index (κ1) is 25.0. The van der Waals surface area contributed by atoms with E-state index in [1.165, 1.54) is 16.8 Å². The maximum Gasteiger partial charge on any atom is 0.0839 e. The Balaban J connectivity index is 0.00000131. The van der Waals surface area contributed by atoms with Crippen LogP contribution in [-0.2, 0) is 11.2 Å². The Morgan fingerprint density at radius 3 is 2.32 bits per heavy atom. The average molecular weight is 448 g/mol. The zero-order chi connectivity index (χ0) is 17.1. The molecule has 2 aliphatic heterocycles. The Kier molecular flexibility index (Phi) is 10.6. The third-order valence-corrected chi connectivity index (χ3v) is 5.62. The van der Waals surface area contributed by atoms with Crippen molar-refractivity contribution in [3.05, 3.63) is 64.7 Å². The summed E-state index contributed by atoms with van der Waals surface area (Å²) < 4.78 is 6.05. The summed E-state index contributed by atoms with van der Waals surface area (Å²) >= 11 is 5.99. The number of benzene rings is 2. The molecule has 156 valence electrons. The van der Waals surface area contributed by atoms with Crippen LogP contribution in [-0.4, -0.2) is 49.7 Å². The van der Waals surface area contributed by atoms with Crippen LogP contribution in [0.4, 0.5) is 5.69 Å². The quantitative estimate of drug-likeness (QED) is 0.706. The minimum Gasteiger partial charge on any atom is -0.412 e. The van der Waals surface area contributed by atoms with Gasteiger partial charge in [0.15, 0.2) is 0 Å². The van der Waals surface area contributed by atoms with Crippen LogP contribution in [0.25, 0.3) is 0 Å². The lowest BCUT2D eigenvalue weighted by atomic mass is 9.95. The Bertz CT molecular complexity index is 707. The molecule has 0 amide bonds. The molecule has 4 nitrogen and oxygen atoms in total. The van der Waals surface area contributed by atoms with Gasteiger partial charge in [0.05, 0.1) is 12.7 Å². The van der Waals surface area contributed by atoms with Crippen molar-refractivity contribution in [1.29, 1.82) is 0 Å². The summed E-state index contributed by atoms with van der Waals surface area (Å²) in [4.78, 5) is 5.01. The van der Waals surface area contributed by atoms with E-state index in [0.29, 0.717) is 0 Å². The number of anilines is 1. The minimum absolute atomic E-state index is 0. The van der Waals surface area contributed by atoms with Gasteiger partial charge in [0.1, 0.15) is 0 Å². The molecule has 0 aromatic heterocycles. The largest absolute Gasteiger partial charge is 0.412 e. The highest BCUT2D eigenvalue weighted by Gasteiger charge is 2.23. The van der Waals surface area contributed by atoms with Crippen molar-refractivity contribution in [2.24, 2.45) is 0 Å². The molecular weight excluding hydrogens is 419 g/mol. The zero-order valence-corrected chi connectivity index (χ0v) is 18.2. The van der Waals surface area contributed by atoms with E-state index in [1.807, 2.05) is 12.1 Å². The molecule has 7 heteroatoms. The van der Waals surface area contributed by atoms with Crippen LogP contribution in [0.1, 0.15) is 23.7 Å².